The van der Waals surface area contributed by atoms with E-state index < -0.39 is 0 Å². The van der Waals surface area contributed by atoms with Crippen molar-refractivity contribution in [2.75, 3.05) is 6.54 Å². The van der Waals surface area contributed by atoms with Gasteiger partial charge in [-0.25, -0.2) is 0 Å². The van der Waals surface area contributed by atoms with E-state index in [0.717, 1.165) is 47.2 Å². The van der Waals surface area contributed by atoms with Crippen molar-refractivity contribution < 1.29 is 4.74 Å². The first-order valence-electron chi connectivity index (χ1n) is 7.34. The molecule has 0 aliphatic heterocycles. The van der Waals surface area contributed by atoms with Gasteiger partial charge in [-0.2, -0.15) is 0 Å². The smallest absolute Gasteiger partial charge is 0.132 e. The van der Waals surface area contributed by atoms with Gasteiger partial charge in [0.1, 0.15) is 11.5 Å². The second-order valence-corrected chi connectivity index (χ2v) is 5.74. The Hall–Kier alpha value is -1.51. The first-order valence-corrected chi connectivity index (χ1v) is 7.72. The van der Waals surface area contributed by atoms with Crippen LogP contribution in [0.25, 0.3) is 0 Å². The molecular formula is C18H22ClNO. The van der Waals surface area contributed by atoms with Crippen molar-refractivity contribution >= 4 is 11.6 Å². The van der Waals surface area contributed by atoms with E-state index >= 15 is 0 Å². The van der Waals surface area contributed by atoms with Gasteiger partial charge in [-0.3, -0.25) is 0 Å². The van der Waals surface area contributed by atoms with Gasteiger partial charge < -0.3 is 10.1 Å². The molecule has 0 aromatic heterocycles. The van der Waals surface area contributed by atoms with Gasteiger partial charge in [-0.15, -0.1) is 0 Å². The third-order valence-corrected chi connectivity index (χ3v) is 3.55. The van der Waals surface area contributed by atoms with E-state index in [9.17, 15) is 0 Å². The monoisotopic (exact) mass is 303 g/mol. The summed E-state index contributed by atoms with van der Waals surface area (Å²) in [6, 6.07) is 12.0. The lowest BCUT2D eigenvalue weighted by Gasteiger charge is -2.14. The molecule has 0 heterocycles. The number of nitrogens with one attached hydrogen (secondary N) is 1. The van der Waals surface area contributed by atoms with Crippen LogP contribution in [-0.2, 0) is 6.54 Å². The molecule has 0 saturated heterocycles. The van der Waals surface area contributed by atoms with Crippen molar-refractivity contribution in [3.8, 4) is 11.5 Å². The van der Waals surface area contributed by atoms with E-state index in [2.05, 4.69) is 38.2 Å². The minimum absolute atomic E-state index is 0.733. The average Bonchev–Trinajstić information content (AvgIpc) is 2.44. The molecule has 1 N–H and O–H groups in total. The Bertz CT molecular complexity index is 610. The summed E-state index contributed by atoms with van der Waals surface area (Å²) in [6.07, 6.45) is 1.10. The molecule has 2 rings (SSSR count). The molecule has 0 saturated carbocycles. The lowest BCUT2D eigenvalue weighted by molar-refractivity contribution is 0.469. The number of hydrogen-bond donors (Lipinski definition) is 1. The quantitative estimate of drug-likeness (QED) is 0.736. The fourth-order valence-electron chi connectivity index (χ4n) is 2.22. The minimum Gasteiger partial charge on any atom is -0.457 e. The zero-order valence-electron chi connectivity index (χ0n) is 12.9. The Balaban J connectivity index is 2.22. The number of benzene rings is 2. The summed E-state index contributed by atoms with van der Waals surface area (Å²) in [5, 5.41) is 4.12. The maximum Gasteiger partial charge on any atom is 0.132 e. The van der Waals surface area contributed by atoms with Crippen LogP contribution in [0, 0.1) is 13.8 Å². The molecule has 21 heavy (non-hydrogen) atoms. The van der Waals surface area contributed by atoms with Gasteiger partial charge in [0.15, 0.2) is 0 Å². The predicted octanol–water partition coefficient (Wildman–Crippen LogP) is 5.25. The van der Waals surface area contributed by atoms with Crippen LogP contribution >= 0.6 is 11.6 Å². The molecular weight excluding hydrogens is 282 g/mol. The van der Waals surface area contributed by atoms with Crippen LogP contribution < -0.4 is 10.1 Å². The van der Waals surface area contributed by atoms with Crippen LogP contribution in [0.1, 0.15) is 30.0 Å². The van der Waals surface area contributed by atoms with E-state index in [1.54, 1.807) is 0 Å². The number of hydrogen-bond acceptors (Lipinski definition) is 2. The third kappa shape index (κ3) is 4.48. The van der Waals surface area contributed by atoms with Crippen LogP contribution in [0.15, 0.2) is 36.4 Å². The molecule has 0 aliphatic rings. The Labute approximate surface area is 132 Å². The summed E-state index contributed by atoms with van der Waals surface area (Å²) in [5.41, 5.74) is 3.45. The molecule has 112 valence electrons. The highest BCUT2D eigenvalue weighted by molar-refractivity contribution is 6.30. The van der Waals surface area contributed by atoms with Gasteiger partial charge in [0.25, 0.3) is 0 Å². The van der Waals surface area contributed by atoms with Crippen LogP contribution in [0.2, 0.25) is 5.02 Å². The van der Waals surface area contributed by atoms with Gasteiger partial charge in [0, 0.05) is 17.1 Å². The second-order valence-electron chi connectivity index (χ2n) is 5.30. The standard InChI is InChI=1S/C18H22ClNO/c1-4-9-20-12-15-11-16(19)6-8-18(15)21-17-7-5-13(2)10-14(17)3/h5-8,10-11,20H,4,9,12H2,1-3H3. The van der Waals surface area contributed by atoms with Gasteiger partial charge in [-0.1, -0.05) is 36.2 Å². The number of ether oxygens (including phenoxy) is 1. The molecule has 3 heteroatoms. The van der Waals surface area contributed by atoms with Crippen LogP contribution in [0.4, 0.5) is 0 Å². The molecule has 0 radical (unpaired) electrons. The second kappa shape index (κ2) is 7.48. The summed E-state index contributed by atoms with van der Waals surface area (Å²) in [5.74, 6) is 1.75. The zero-order valence-corrected chi connectivity index (χ0v) is 13.6. The van der Waals surface area contributed by atoms with Crippen molar-refractivity contribution in [1.29, 1.82) is 0 Å². The van der Waals surface area contributed by atoms with E-state index in [-0.39, 0.29) is 0 Å². The van der Waals surface area contributed by atoms with E-state index in [0.29, 0.717) is 0 Å². The summed E-state index contributed by atoms with van der Waals surface area (Å²) < 4.78 is 6.08. The molecule has 0 bridgehead atoms. The normalized spacial score (nSPS) is 10.7. The number of aryl methyl sites for hydroxylation is 2. The molecule has 0 amide bonds. The van der Waals surface area contributed by atoms with E-state index in [4.69, 9.17) is 16.3 Å². The zero-order chi connectivity index (χ0) is 15.2. The summed E-state index contributed by atoms with van der Waals surface area (Å²) in [7, 11) is 0. The van der Waals surface area contributed by atoms with Crippen molar-refractivity contribution in [3.05, 3.63) is 58.1 Å². The van der Waals surface area contributed by atoms with Crippen molar-refractivity contribution in [2.45, 2.75) is 33.7 Å². The molecule has 0 aliphatic carbocycles. The topological polar surface area (TPSA) is 21.3 Å². The predicted molar refractivity (Wildman–Crippen MR) is 89.4 cm³/mol. The van der Waals surface area contributed by atoms with Crippen molar-refractivity contribution in [3.63, 3.8) is 0 Å². The first-order chi connectivity index (χ1) is 10.1. The van der Waals surface area contributed by atoms with Crippen LogP contribution in [0.3, 0.4) is 0 Å². The lowest BCUT2D eigenvalue weighted by atomic mass is 10.1. The fourth-order valence-corrected chi connectivity index (χ4v) is 2.41. The largest absolute Gasteiger partial charge is 0.457 e. The first kappa shape index (κ1) is 15.9. The van der Waals surface area contributed by atoms with Gasteiger partial charge >= 0.3 is 0 Å². The molecule has 0 fully saturated rings. The third-order valence-electron chi connectivity index (χ3n) is 3.32. The molecule has 2 nitrogen and oxygen atoms in total. The minimum atomic E-state index is 0.733. The number of halogens is 1. The summed E-state index contributed by atoms with van der Waals surface area (Å²) in [4.78, 5) is 0. The maximum absolute atomic E-state index is 6.10. The van der Waals surface area contributed by atoms with Gasteiger partial charge in [0.05, 0.1) is 0 Å². The maximum atomic E-state index is 6.10. The van der Waals surface area contributed by atoms with Crippen molar-refractivity contribution in [1.82, 2.24) is 5.32 Å². The molecule has 0 unspecified atom stereocenters. The lowest BCUT2D eigenvalue weighted by Crippen LogP contribution is -2.14. The van der Waals surface area contributed by atoms with E-state index in [1.165, 1.54) is 5.56 Å². The highest BCUT2D eigenvalue weighted by atomic mass is 35.5. The Kier molecular flexibility index (Phi) is 5.66. The Morgan fingerprint density at radius 2 is 1.81 bits per heavy atom. The Morgan fingerprint density at radius 3 is 2.52 bits per heavy atom. The Morgan fingerprint density at radius 1 is 1.05 bits per heavy atom. The van der Waals surface area contributed by atoms with E-state index in [1.807, 2.05) is 24.3 Å². The molecule has 2 aromatic rings. The summed E-state index contributed by atoms with van der Waals surface area (Å²) in [6.45, 7) is 8.04. The average molecular weight is 304 g/mol. The number of rotatable bonds is 6. The van der Waals surface area contributed by atoms with Gasteiger partial charge in [0.2, 0.25) is 0 Å². The van der Waals surface area contributed by atoms with Crippen molar-refractivity contribution in [2.24, 2.45) is 0 Å². The highest BCUT2D eigenvalue weighted by Crippen LogP contribution is 2.30. The van der Waals surface area contributed by atoms with Crippen LogP contribution in [-0.4, -0.2) is 6.54 Å². The SMILES string of the molecule is CCCNCc1cc(Cl)ccc1Oc1ccc(C)cc1C. The molecule has 2 aromatic carbocycles. The fraction of sp³-hybridized carbons (Fsp3) is 0.333. The summed E-state index contributed by atoms with van der Waals surface area (Å²) >= 11 is 6.10. The van der Waals surface area contributed by atoms with Crippen LogP contribution in [0.5, 0.6) is 11.5 Å². The molecule has 0 spiro atoms. The highest BCUT2D eigenvalue weighted by Gasteiger charge is 2.08. The van der Waals surface area contributed by atoms with Gasteiger partial charge in [-0.05, 0) is 56.6 Å². The molecule has 0 atom stereocenters.